The lowest BCUT2D eigenvalue weighted by atomic mass is 9.99. The summed E-state index contributed by atoms with van der Waals surface area (Å²) in [5.74, 6) is -1.15. The standard InChI is InChI=1S/C15H20F2N2O3S/c1-3-23(21,22)9-10(2)18-15(20)19-7-6-11-12(8-19)14(17)5-4-13(11)16/h4-5,10H,3,6-9H2,1-2H3,(H,18,20)/t10-/m1/s1. The summed E-state index contributed by atoms with van der Waals surface area (Å²) in [6.07, 6.45) is 0.230. The van der Waals surface area contributed by atoms with Gasteiger partial charge in [0.1, 0.15) is 11.6 Å². The van der Waals surface area contributed by atoms with Gasteiger partial charge in [-0.2, -0.15) is 0 Å². The molecule has 0 saturated heterocycles. The van der Waals surface area contributed by atoms with E-state index in [-0.39, 0.29) is 36.6 Å². The Morgan fingerprint density at radius 3 is 2.52 bits per heavy atom. The van der Waals surface area contributed by atoms with Crippen molar-refractivity contribution in [3.63, 3.8) is 0 Å². The molecular formula is C15H20F2N2O3S. The Bertz CT molecular complexity index is 707. The number of nitrogens with zero attached hydrogens (tertiary/aromatic N) is 1. The van der Waals surface area contributed by atoms with Crippen LogP contribution >= 0.6 is 0 Å². The van der Waals surface area contributed by atoms with Gasteiger partial charge in [0.15, 0.2) is 9.84 Å². The predicted octanol–water partition coefficient (Wildman–Crippen LogP) is 1.86. The molecule has 8 heteroatoms. The van der Waals surface area contributed by atoms with Crippen molar-refractivity contribution >= 4 is 15.9 Å². The summed E-state index contributed by atoms with van der Waals surface area (Å²) in [4.78, 5) is 13.6. The first kappa shape index (κ1) is 17.7. The maximum absolute atomic E-state index is 13.8. The van der Waals surface area contributed by atoms with Gasteiger partial charge < -0.3 is 10.2 Å². The Hall–Kier alpha value is -1.70. The van der Waals surface area contributed by atoms with E-state index < -0.39 is 33.5 Å². The Balaban J connectivity index is 2.04. The van der Waals surface area contributed by atoms with Gasteiger partial charge in [-0.25, -0.2) is 22.0 Å². The lowest BCUT2D eigenvalue weighted by Crippen LogP contribution is -2.48. The quantitative estimate of drug-likeness (QED) is 0.905. The lowest BCUT2D eigenvalue weighted by molar-refractivity contribution is 0.188. The monoisotopic (exact) mass is 346 g/mol. The van der Waals surface area contributed by atoms with Crippen molar-refractivity contribution in [1.82, 2.24) is 10.2 Å². The summed E-state index contributed by atoms with van der Waals surface area (Å²) in [7, 11) is -3.20. The normalized spacial score (nSPS) is 15.9. The maximum atomic E-state index is 13.8. The van der Waals surface area contributed by atoms with Crippen molar-refractivity contribution in [2.75, 3.05) is 18.1 Å². The first-order valence-electron chi connectivity index (χ1n) is 7.45. The van der Waals surface area contributed by atoms with E-state index >= 15 is 0 Å². The fourth-order valence-electron chi connectivity index (χ4n) is 2.61. The van der Waals surface area contributed by atoms with Gasteiger partial charge in [-0.05, 0) is 31.0 Å². The molecule has 1 N–H and O–H groups in total. The van der Waals surface area contributed by atoms with E-state index in [9.17, 15) is 22.0 Å². The number of fused-ring (bicyclic) bond motifs is 1. The van der Waals surface area contributed by atoms with Crippen LogP contribution in [0.2, 0.25) is 0 Å². The minimum Gasteiger partial charge on any atom is -0.335 e. The summed E-state index contributed by atoms with van der Waals surface area (Å²) in [6, 6.07) is 1.11. The summed E-state index contributed by atoms with van der Waals surface area (Å²) in [5, 5.41) is 2.60. The van der Waals surface area contributed by atoms with Crippen LogP contribution in [-0.4, -0.2) is 43.4 Å². The number of hydrogen-bond donors (Lipinski definition) is 1. The highest BCUT2D eigenvalue weighted by molar-refractivity contribution is 7.91. The number of carbonyl (C=O) groups is 1. The number of carbonyl (C=O) groups excluding carboxylic acids is 1. The van der Waals surface area contributed by atoms with E-state index in [4.69, 9.17) is 0 Å². The minimum absolute atomic E-state index is 0.00872. The molecular weight excluding hydrogens is 326 g/mol. The fourth-order valence-corrected chi connectivity index (χ4v) is 3.69. The van der Waals surface area contributed by atoms with Crippen LogP contribution in [0.3, 0.4) is 0 Å². The van der Waals surface area contributed by atoms with Crippen molar-refractivity contribution in [2.45, 2.75) is 32.9 Å². The second-order valence-electron chi connectivity index (χ2n) is 5.71. The molecule has 1 heterocycles. The largest absolute Gasteiger partial charge is 0.335 e. The molecule has 128 valence electrons. The molecule has 1 aromatic rings. The van der Waals surface area contributed by atoms with Crippen molar-refractivity contribution in [1.29, 1.82) is 0 Å². The van der Waals surface area contributed by atoms with Gasteiger partial charge in [0.2, 0.25) is 0 Å². The Morgan fingerprint density at radius 2 is 1.91 bits per heavy atom. The Labute approximate surface area is 134 Å². The van der Waals surface area contributed by atoms with E-state index in [1.54, 1.807) is 13.8 Å². The molecule has 1 aliphatic rings. The molecule has 2 rings (SSSR count). The van der Waals surface area contributed by atoms with Crippen LogP contribution in [0.15, 0.2) is 12.1 Å². The molecule has 0 radical (unpaired) electrons. The van der Waals surface area contributed by atoms with E-state index in [1.165, 1.54) is 4.90 Å². The van der Waals surface area contributed by atoms with Crippen LogP contribution in [0.4, 0.5) is 13.6 Å². The van der Waals surface area contributed by atoms with Crippen molar-refractivity contribution < 1.29 is 22.0 Å². The molecule has 0 unspecified atom stereocenters. The van der Waals surface area contributed by atoms with Gasteiger partial charge in [-0.15, -0.1) is 0 Å². The number of urea groups is 1. The number of amides is 2. The number of rotatable bonds is 4. The average molecular weight is 346 g/mol. The van der Waals surface area contributed by atoms with E-state index in [1.807, 2.05) is 0 Å². The highest BCUT2D eigenvalue weighted by Gasteiger charge is 2.26. The number of hydrogen-bond acceptors (Lipinski definition) is 3. The van der Waals surface area contributed by atoms with Gasteiger partial charge in [0, 0.05) is 23.9 Å². The molecule has 1 aliphatic heterocycles. The second-order valence-corrected chi connectivity index (χ2v) is 8.11. The molecule has 1 aromatic carbocycles. The minimum atomic E-state index is -3.20. The van der Waals surface area contributed by atoms with Crippen molar-refractivity contribution in [3.05, 3.63) is 34.9 Å². The highest BCUT2D eigenvalue weighted by Crippen LogP contribution is 2.24. The third-order valence-electron chi connectivity index (χ3n) is 3.90. The molecule has 0 saturated carbocycles. The topological polar surface area (TPSA) is 66.5 Å². The second kappa shape index (κ2) is 6.82. The van der Waals surface area contributed by atoms with E-state index in [0.717, 1.165) is 12.1 Å². The van der Waals surface area contributed by atoms with Gasteiger partial charge in [0.25, 0.3) is 0 Å². The van der Waals surface area contributed by atoms with Crippen LogP contribution in [0.5, 0.6) is 0 Å². The zero-order valence-corrected chi connectivity index (χ0v) is 13.9. The zero-order chi connectivity index (χ0) is 17.2. The first-order chi connectivity index (χ1) is 10.7. The number of nitrogens with one attached hydrogen (secondary N) is 1. The Morgan fingerprint density at radius 1 is 1.30 bits per heavy atom. The smallest absolute Gasteiger partial charge is 0.317 e. The Kier molecular flexibility index (Phi) is 5.23. The molecule has 2 amide bonds. The van der Waals surface area contributed by atoms with Gasteiger partial charge >= 0.3 is 6.03 Å². The van der Waals surface area contributed by atoms with Gasteiger partial charge in [-0.3, -0.25) is 0 Å². The zero-order valence-electron chi connectivity index (χ0n) is 13.1. The van der Waals surface area contributed by atoms with Crippen LogP contribution in [-0.2, 0) is 22.8 Å². The molecule has 1 atom stereocenters. The summed E-state index contributed by atoms with van der Waals surface area (Å²) in [5.41, 5.74) is 0.482. The van der Waals surface area contributed by atoms with Gasteiger partial charge in [0.05, 0.1) is 12.3 Å². The molecule has 0 aromatic heterocycles. The summed E-state index contributed by atoms with van der Waals surface area (Å²) in [6.45, 7) is 3.37. The predicted molar refractivity (Wildman–Crippen MR) is 82.8 cm³/mol. The molecule has 0 bridgehead atoms. The molecule has 0 aliphatic carbocycles. The number of halogens is 2. The molecule has 23 heavy (non-hydrogen) atoms. The molecule has 0 fully saturated rings. The highest BCUT2D eigenvalue weighted by atomic mass is 32.2. The third-order valence-corrected chi connectivity index (χ3v) is 5.79. The van der Waals surface area contributed by atoms with Crippen molar-refractivity contribution in [3.8, 4) is 0 Å². The van der Waals surface area contributed by atoms with E-state index in [2.05, 4.69) is 5.32 Å². The summed E-state index contributed by atoms with van der Waals surface area (Å²) < 4.78 is 50.6. The van der Waals surface area contributed by atoms with Crippen LogP contribution in [0, 0.1) is 11.6 Å². The van der Waals surface area contributed by atoms with Crippen molar-refractivity contribution in [2.24, 2.45) is 0 Å². The average Bonchev–Trinajstić information content (AvgIpc) is 2.50. The van der Waals surface area contributed by atoms with Crippen LogP contribution < -0.4 is 5.32 Å². The third kappa shape index (κ3) is 4.19. The van der Waals surface area contributed by atoms with Crippen LogP contribution in [0.1, 0.15) is 25.0 Å². The fraction of sp³-hybridized carbons (Fsp3) is 0.533. The molecule has 0 spiro atoms. The maximum Gasteiger partial charge on any atom is 0.317 e. The number of sulfone groups is 1. The SMILES string of the molecule is CCS(=O)(=O)C[C@@H](C)NC(=O)N1CCc2c(F)ccc(F)c2C1. The molecule has 5 nitrogen and oxygen atoms in total. The first-order valence-corrected chi connectivity index (χ1v) is 9.27. The number of benzene rings is 1. The van der Waals surface area contributed by atoms with E-state index in [0.29, 0.717) is 5.56 Å². The summed E-state index contributed by atoms with van der Waals surface area (Å²) >= 11 is 0. The van der Waals surface area contributed by atoms with Crippen LogP contribution in [0.25, 0.3) is 0 Å². The van der Waals surface area contributed by atoms with Gasteiger partial charge in [-0.1, -0.05) is 6.92 Å². The lowest BCUT2D eigenvalue weighted by Gasteiger charge is -2.30.